The minimum absolute atomic E-state index is 0.350. The Morgan fingerprint density at radius 3 is 2.48 bits per heavy atom. The Balaban J connectivity index is 1.82. The molecule has 2 aromatic carbocycles. The minimum atomic E-state index is -0.687. The number of nitrogens with one attached hydrogen (secondary N) is 1. The third kappa shape index (κ3) is 6.31. The van der Waals surface area contributed by atoms with Gasteiger partial charge >= 0.3 is 0 Å². The van der Waals surface area contributed by atoms with Crippen molar-refractivity contribution in [3.8, 4) is 11.5 Å². The third-order valence-corrected chi connectivity index (χ3v) is 3.38. The average molecular weight is 359 g/mol. The lowest BCUT2D eigenvalue weighted by Gasteiger charge is -2.12. The summed E-state index contributed by atoms with van der Waals surface area (Å²) in [6.45, 7) is 5.69. The van der Waals surface area contributed by atoms with Gasteiger partial charge in [0.05, 0.1) is 6.21 Å². The Hall–Kier alpha value is -2.79. The maximum atomic E-state index is 12.0. The van der Waals surface area contributed by atoms with E-state index in [1.54, 1.807) is 43.5 Å². The van der Waals surface area contributed by atoms with Crippen molar-refractivity contribution < 1.29 is 14.3 Å². The SMILES string of the molecule is C=CCOc1ccc(C=NNC(=O)C(C)Oc2ccc(Cl)cc2)cc1. The molecule has 130 valence electrons. The van der Waals surface area contributed by atoms with Gasteiger partial charge in [0.25, 0.3) is 5.91 Å². The number of halogens is 1. The van der Waals surface area contributed by atoms with Crippen LogP contribution in [0, 0.1) is 0 Å². The van der Waals surface area contributed by atoms with Crippen LogP contribution in [0.1, 0.15) is 12.5 Å². The zero-order chi connectivity index (χ0) is 18.1. The second-order valence-electron chi connectivity index (χ2n) is 5.12. The summed E-state index contributed by atoms with van der Waals surface area (Å²) < 4.78 is 10.9. The molecular formula is C19H19ClN2O3. The summed E-state index contributed by atoms with van der Waals surface area (Å²) in [5.41, 5.74) is 3.28. The lowest BCUT2D eigenvalue weighted by molar-refractivity contribution is -0.127. The molecule has 2 rings (SSSR count). The highest BCUT2D eigenvalue weighted by Gasteiger charge is 2.13. The van der Waals surface area contributed by atoms with Gasteiger partial charge in [0.1, 0.15) is 18.1 Å². The van der Waals surface area contributed by atoms with Gasteiger partial charge in [0.15, 0.2) is 6.10 Å². The fourth-order valence-electron chi connectivity index (χ4n) is 1.84. The van der Waals surface area contributed by atoms with E-state index >= 15 is 0 Å². The van der Waals surface area contributed by atoms with Crippen LogP contribution in [0.2, 0.25) is 5.02 Å². The summed E-state index contributed by atoms with van der Waals surface area (Å²) in [6, 6.07) is 14.1. The smallest absolute Gasteiger partial charge is 0.280 e. The lowest BCUT2D eigenvalue weighted by atomic mass is 10.2. The van der Waals surface area contributed by atoms with Gasteiger partial charge in [-0.3, -0.25) is 4.79 Å². The van der Waals surface area contributed by atoms with Crippen LogP contribution in [0.15, 0.2) is 66.3 Å². The number of ether oxygens (including phenoxy) is 2. The third-order valence-electron chi connectivity index (χ3n) is 3.13. The van der Waals surface area contributed by atoms with E-state index in [2.05, 4.69) is 17.1 Å². The topological polar surface area (TPSA) is 59.9 Å². The maximum Gasteiger partial charge on any atom is 0.280 e. The van der Waals surface area contributed by atoms with Crippen molar-refractivity contribution >= 4 is 23.7 Å². The van der Waals surface area contributed by atoms with Crippen molar-refractivity contribution in [1.29, 1.82) is 0 Å². The highest BCUT2D eigenvalue weighted by atomic mass is 35.5. The van der Waals surface area contributed by atoms with Crippen LogP contribution >= 0.6 is 11.6 Å². The molecule has 1 amide bonds. The molecule has 0 saturated heterocycles. The molecule has 1 atom stereocenters. The number of hydrazone groups is 1. The molecule has 1 N–H and O–H groups in total. The second-order valence-corrected chi connectivity index (χ2v) is 5.55. The zero-order valence-corrected chi connectivity index (χ0v) is 14.6. The number of carbonyl (C=O) groups is 1. The van der Waals surface area contributed by atoms with E-state index in [9.17, 15) is 4.79 Å². The van der Waals surface area contributed by atoms with E-state index in [1.165, 1.54) is 0 Å². The Labute approximate surface area is 151 Å². The number of amides is 1. The molecule has 0 heterocycles. The molecule has 5 nitrogen and oxygen atoms in total. The summed E-state index contributed by atoms with van der Waals surface area (Å²) in [5, 5.41) is 4.53. The van der Waals surface area contributed by atoms with Crippen LogP contribution in [0.4, 0.5) is 0 Å². The number of rotatable bonds is 8. The highest BCUT2D eigenvalue weighted by molar-refractivity contribution is 6.30. The first-order chi connectivity index (χ1) is 12.1. The Morgan fingerprint density at radius 1 is 1.20 bits per heavy atom. The largest absolute Gasteiger partial charge is 0.490 e. The zero-order valence-electron chi connectivity index (χ0n) is 13.8. The summed E-state index contributed by atoms with van der Waals surface area (Å²) in [6.07, 6.45) is 2.54. The predicted molar refractivity (Wildman–Crippen MR) is 99.4 cm³/mol. The molecule has 0 bridgehead atoms. The van der Waals surface area contributed by atoms with Crippen LogP contribution in [0.3, 0.4) is 0 Å². The number of nitrogens with zero attached hydrogens (tertiary/aromatic N) is 1. The van der Waals surface area contributed by atoms with E-state index in [-0.39, 0.29) is 5.91 Å². The first-order valence-electron chi connectivity index (χ1n) is 7.67. The lowest BCUT2D eigenvalue weighted by Crippen LogP contribution is -2.33. The van der Waals surface area contributed by atoms with Crippen LogP contribution in [0.5, 0.6) is 11.5 Å². The van der Waals surface area contributed by atoms with Gasteiger partial charge in [0, 0.05) is 5.02 Å². The van der Waals surface area contributed by atoms with Crippen molar-refractivity contribution in [3.63, 3.8) is 0 Å². The Bertz CT molecular complexity index is 727. The molecule has 0 fully saturated rings. The van der Waals surface area contributed by atoms with Gasteiger partial charge in [-0.1, -0.05) is 24.3 Å². The molecule has 0 spiro atoms. The molecule has 0 aliphatic heterocycles. The van der Waals surface area contributed by atoms with E-state index in [4.69, 9.17) is 21.1 Å². The average Bonchev–Trinajstić information content (AvgIpc) is 2.62. The standard InChI is InChI=1S/C19H19ClN2O3/c1-3-12-24-17-8-4-15(5-9-17)13-21-22-19(23)14(2)25-18-10-6-16(20)7-11-18/h3-11,13-14H,1,12H2,2H3,(H,22,23). The number of hydrogen-bond donors (Lipinski definition) is 1. The molecule has 0 aromatic heterocycles. The van der Waals surface area contributed by atoms with Crippen LogP contribution < -0.4 is 14.9 Å². The molecule has 6 heteroatoms. The van der Waals surface area contributed by atoms with Gasteiger partial charge < -0.3 is 9.47 Å². The van der Waals surface area contributed by atoms with Crippen LogP contribution in [-0.2, 0) is 4.79 Å². The number of carbonyl (C=O) groups excluding carboxylic acids is 1. The van der Waals surface area contributed by atoms with E-state index in [0.717, 1.165) is 11.3 Å². The minimum Gasteiger partial charge on any atom is -0.490 e. The first kappa shape index (κ1) is 18.5. The van der Waals surface area contributed by atoms with E-state index in [1.807, 2.05) is 24.3 Å². The van der Waals surface area contributed by atoms with Gasteiger partial charge in [-0.05, 0) is 61.0 Å². The van der Waals surface area contributed by atoms with Crippen molar-refractivity contribution in [1.82, 2.24) is 5.43 Å². The second kappa shape index (κ2) is 9.49. The summed E-state index contributed by atoms with van der Waals surface area (Å²) in [7, 11) is 0. The molecule has 25 heavy (non-hydrogen) atoms. The first-order valence-corrected chi connectivity index (χ1v) is 8.05. The van der Waals surface area contributed by atoms with Crippen molar-refractivity contribution in [3.05, 3.63) is 71.8 Å². The molecule has 0 aliphatic carbocycles. The van der Waals surface area contributed by atoms with Crippen molar-refractivity contribution in [2.75, 3.05) is 6.61 Å². The van der Waals surface area contributed by atoms with Crippen molar-refractivity contribution in [2.45, 2.75) is 13.0 Å². The Morgan fingerprint density at radius 2 is 1.84 bits per heavy atom. The molecule has 0 saturated carbocycles. The van der Waals surface area contributed by atoms with Crippen molar-refractivity contribution in [2.24, 2.45) is 5.10 Å². The normalized spacial score (nSPS) is 11.8. The summed E-state index contributed by atoms with van der Waals surface area (Å²) in [4.78, 5) is 12.0. The van der Waals surface area contributed by atoms with E-state index < -0.39 is 6.10 Å². The molecule has 1 unspecified atom stereocenters. The predicted octanol–water partition coefficient (Wildman–Crippen LogP) is 3.82. The maximum absolute atomic E-state index is 12.0. The molecule has 0 radical (unpaired) electrons. The van der Waals surface area contributed by atoms with Crippen LogP contribution in [-0.4, -0.2) is 24.8 Å². The van der Waals surface area contributed by atoms with Gasteiger partial charge in [0.2, 0.25) is 0 Å². The van der Waals surface area contributed by atoms with E-state index in [0.29, 0.717) is 17.4 Å². The van der Waals surface area contributed by atoms with Gasteiger partial charge in [-0.2, -0.15) is 5.10 Å². The Kier molecular flexibility index (Phi) is 7.04. The summed E-state index contributed by atoms with van der Waals surface area (Å²) >= 11 is 5.81. The fourth-order valence-corrected chi connectivity index (χ4v) is 1.96. The summed E-state index contributed by atoms with van der Waals surface area (Å²) in [5.74, 6) is 0.953. The number of hydrogen-bond acceptors (Lipinski definition) is 4. The number of benzene rings is 2. The van der Waals surface area contributed by atoms with Crippen LogP contribution in [0.25, 0.3) is 0 Å². The molecule has 2 aromatic rings. The van der Waals surface area contributed by atoms with Gasteiger partial charge in [-0.15, -0.1) is 0 Å². The molecule has 0 aliphatic rings. The van der Waals surface area contributed by atoms with Gasteiger partial charge in [-0.25, -0.2) is 5.43 Å². The monoisotopic (exact) mass is 358 g/mol. The fraction of sp³-hybridized carbons (Fsp3) is 0.158. The molecular weight excluding hydrogens is 340 g/mol. The highest BCUT2D eigenvalue weighted by Crippen LogP contribution is 2.16. The quantitative estimate of drug-likeness (QED) is 0.443.